The number of nitrogens with zero attached hydrogens (tertiary/aromatic N) is 1. The first-order valence-corrected chi connectivity index (χ1v) is 5.57. The van der Waals surface area contributed by atoms with Gasteiger partial charge in [0.25, 0.3) is 0 Å². The van der Waals surface area contributed by atoms with E-state index in [1.54, 1.807) is 0 Å². The van der Waals surface area contributed by atoms with Crippen molar-refractivity contribution in [3.05, 3.63) is 11.6 Å². The summed E-state index contributed by atoms with van der Waals surface area (Å²) >= 11 is 0. The monoisotopic (exact) mass is 181 g/mol. The number of hydrogen-bond acceptors (Lipinski definition) is 1. The molecule has 76 valence electrons. The summed E-state index contributed by atoms with van der Waals surface area (Å²) in [6.07, 6.45) is 7.75. The fourth-order valence-electron chi connectivity index (χ4n) is 1.98. The van der Waals surface area contributed by atoms with Gasteiger partial charge in [-0.05, 0) is 59.5 Å². The van der Waals surface area contributed by atoms with Crippen molar-refractivity contribution in [1.82, 2.24) is 4.90 Å². The van der Waals surface area contributed by atoms with Crippen LogP contribution in [0.3, 0.4) is 0 Å². The molecule has 0 aromatic rings. The van der Waals surface area contributed by atoms with E-state index in [0.717, 1.165) is 6.04 Å². The predicted octanol–water partition coefficient (Wildman–Crippen LogP) is 3.22. The Morgan fingerprint density at radius 1 is 1.31 bits per heavy atom. The molecule has 1 saturated heterocycles. The highest BCUT2D eigenvalue weighted by Crippen LogP contribution is 2.15. The third kappa shape index (κ3) is 3.95. The first-order chi connectivity index (χ1) is 6.20. The lowest BCUT2D eigenvalue weighted by atomic mass is 10.1. The molecule has 1 fully saturated rings. The summed E-state index contributed by atoms with van der Waals surface area (Å²) in [6.45, 7) is 9.39. The summed E-state index contributed by atoms with van der Waals surface area (Å²) in [5.41, 5.74) is 1.45. The molecule has 0 spiro atoms. The molecule has 0 saturated carbocycles. The van der Waals surface area contributed by atoms with Crippen molar-refractivity contribution in [1.29, 1.82) is 0 Å². The summed E-state index contributed by atoms with van der Waals surface area (Å²) in [5, 5.41) is 0. The normalized spacial score (nSPS) is 20.2. The predicted molar refractivity (Wildman–Crippen MR) is 58.9 cm³/mol. The highest BCUT2D eigenvalue weighted by atomic mass is 15.2. The standard InChI is InChI=1S/C12H23N/c1-11(2)7-6-8-12(3)13-9-4-5-10-13/h7,12H,4-6,8-10H2,1-3H3/t12-/m0/s1. The molecule has 0 radical (unpaired) electrons. The van der Waals surface area contributed by atoms with Crippen molar-refractivity contribution in [2.75, 3.05) is 13.1 Å². The van der Waals surface area contributed by atoms with E-state index in [1.165, 1.54) is 44.3 Å². The molecule has 0 N–H and O–H groups in total. The molecular weight excluding hydrogens is 158 g/mol. The molecule has 0 aromatic carbocycles. The van der Waals surface area contributed by atoms with E-state index in [0.29, 0.717) is 0 Å². The van der Waals surface area contributed by atoms with Crippen molar-refractivity contribution in [3.63, 3.8) is 0 Å². The minimum atomic E-state index is 0.790. The third-order valence-electron chi connectivity index (χ3n) is 2.90. The van der Waals surface area contributed by atoms with Crippen LogP contribution in [0.2, 0.25) is 0 Å². The van der Waals surface area contributed by atoms with Crippen LogP contribution in [0.25, 0.3) is 0 Å². The maximum atomic E-state index is 2.62. The Morgan fingerprint density at radius 3 is 2.46 bits per heavy atom. The lowest BCUT2D eigenvalue weighted by Gasteiger charge is -2.22. The number of likely N-dealkylation sites (tertiary alicyclic amines) is 1. The molecule has 1 atom stereocenters. The molecule has 1 heteroatoms. The quantitative estimate of drug-likeness (QED) is 0.602. The van der Waals surface area contributed by atoms with E-state index in [1.807, 2.05) is 0 Å². The van der Waals surface area contributed by atoms with Gasteiger partial charge in [-0.25, -0.2) is 0 Å². The summed E-state index contributed by atoms with van der Waals surface area (Å²) in [7, 11) is 0. The minimum Gasteiger partial charge on any atom is -0.301 e. The van der Waals surface area contributed by atoms with Crippen LogP contribution in [-0.4, -0.2) is 24.0 Å². The second-order valence-electron chi connectivity index (χ2n) is 4.45. The van der Waals surface area contributed by atoms with Gasteiger partial charge in [-0.15, -0.1) is 0 Å². The van der Waals surface area contributed by atoms with Crippen LogP contribution in [0.4, 0.5) is 0 Å². The van der Waals surface area contributed by atoms with Crippen LogP contribution in [-0.2, 0) is 0 Å². The zero-order chi connectivity index (χ0) is 9.68. The molecule has 0 aromatic heterocycles. The van der Waals surface area contributed by atoms with Gasteiger partial charge in [0.1, 0.15) is 0 Å². The van der Waals surface area contributed by atoms with Crippen molar-refractivity contribution in [2.24, 2.45) is 0 Å². The fourth-order valence-corrected chi connectivity index (χ4v) is 1.98. The molecule has 1 nitrogen and oxygen atoms in total. The van der Waals surface area contributed by atoms with E-state index in [4.69, 9.17) is 0 Å². The molecule has 13 heavy (non-hydrogen) atoms. The highest BCUT2D eigenvalue weighted by Gasteiger charge is 2.16. The molecule has 1 heterocycles. The second-order valence-corrected chi connectivity index (χ2v) is 4.45. The Labute approximate surface area is 82.8 Å². The van der Waals surface area contributed by atoms with Gasteiger partial charge in [-0.3, -0.25) is 0 Å². The molecular formula is C12H23N. The van der Waals surface area contributed by atoms with Crippen LogP contribution in [0, 0.1) is 0 Å². The topological polar surface area (TPSA) is 3.24 Å². The van der Waals surface area contributed by atoms with Crippen LogP contribution >= 0.6 is 0 Å². The van der Waals surface area contributed by atoms with Gasteiger partial charge in [0, 0.05) is 6.04 Å². The maximum Gasteiger partial charge on any atom is 0.00698 e. The number of allylic oxidation sites excluding steroid dienone is 2. The summed E-state index contributed by atoms with van der Waals surface area (Å²) in [5.74, 6) is 0. The maximum absolute atomic E-state index is 2.62. The van der Waals surface area contributed by atoms with Gasteiger partial charge < -0.3 is 4.90 Å². The SMILES string of the molecule is CC(C)=CCC[C@H](C)N1CCCC1. The Hall–Kier alpha value is -0.300. The fraction of sp³-hybridized carbons (Fsp3) is 0.833. The Balaban J connectivity index is 2.16. The third-order valence-corrected chi connectivity index (χ3v) is 2.90. The minimum absolute atomic E-state index is 0.790. The van der Waals surface area contributed by atoms with Crippen LogP contribution in [0.1, 0.15) is 46.5 Å². The lowest BCUT2D eigenvalue weighted by Crippen LogP contribution is -2.29. The Kier molecular flexibility index (Phi) is 4.51. The van der Waals surface area contributed by atoms with Gasteiger partial charge in [0.05, 0.1) is 0 Å². The van der Waals surface area contributed by atoms with E-state index in [-0.39, 0.29) is 0 Å². The van der Waals surface area contributed by atoms with Gasteiger partial charge in [-0.2, -0.15) is 0 Å². The zero-order valence-electron chi connectivity index (χ0n) is 9.34. The number of hydrogen-bond donors (Lipinski definition) is 0. The van der Waals surface area contributed by atoms with E-state index >= 15 is 0 Å². The van der Waals surface area contributed by atoms with Crippen molar-refractivity contribution in [3.8, 4) is 0 Å². The Morgan fingerprint density at radius 2 is 1.92 bits per heavy atom. The van der Waals surface area contributed by atoms with Crippen LogP contribution in [0.15, 0.2) is 11.6 Å². The van der Waals surface area contributed by atoms with E-state index in [9.17, 15) is 0 Å². The zero-order valence-corrected chi connectivity index (χ0v) is 9.34. The van der Waals surface area contributed by atoms with Crippen molar-refractivity contribution >= 4 is 0 Å². The molecule has 1 rings (SSSR count). The largest absolute Gasteiger partial charge is 0.301 e. The average Bonchev–Trinajstić information content (AvgIpc) is 2.55. The molecule has 0 aliphatic carbocycles. The van der Waals surface area contributed by atoms with E-state index < -0.39 is 0 Å². The highest BCUT2D eigenvalue weighted by molar-refractivity contribution is 4.93. The van der Waals surface area contributed by atoms with Crippen molar-refractivity contribution in [2.45, 2.75) is 52.5 Å². The lowest BCUT2D eigenvalue weighted by molar-refractivity contribution is 0.248. The van der Waals surface area contributed by atoms with Gasteiger partial charge >= 0.3 is 0 Å². The molecule has 1 aliphatic rings. The summed E-state index contributed by atoms with van der Waals surface area (Å²) in [4.78, 5) is 2.62. The summed E-state index contributed by atoms with van der Waals surface area (Å²) in [6, 6.07) is 0.790. The summed E-state index contributed by atoms with van der Waals surface area (Å²) < 4.78 is 0. The van der Waals surface area contributed by atoms with Crippen LogP contribution in [0.5, 0.6) is 0 Å². The first-order valence-electron chi connectivity index (χ1n) is 5.57. The van der Waals surface area contributed by atoms with Gasteiger partial charge in [0.2, 0.25) is 0 Å². The Bertz CT molecular complexity index is 162. The molecule has 0 amide bonds. The van der Waals surface area contributed by atoms with Crippen molar-refractivity contribution < 1.29 is 0 Å². The van der Waals surface area contributed by atoms with Crippen LogP contribution < -0.4 is 0 Å². The molecule has 0 unspecified atom stereocenters. The smallest absolute Gasteiger partial charge is 0.00698 e. The number of rotatable bonds is 4. The average molecular weight is 181 g/mol. The van der Waals surface area contributed by atoms with Gasteiger partial charge in [-0.1, -0.05) is 11.6 Å². The molecule has 1 aliphatic heterocycles. The molecule has 0 bridgehead atoms. The second kappa shape index (κ2) is 5.43. The van der Waals surface area contributed by atoms with E-state index in [2.05, 4.69) is 31.7 Å². The first kappa shape index (κ1) is 10.8. The van der Waals surface area contributed by atoms with Gasteiger partial charge in [0.15, 0.2) is 0 Å².